The van der Waals surface area contributed by atoms with E-state index in [0.29, 0.717) is 31.8 Å². The van der Waals surface area contributed by atoms with Gasteiger partial charge in [-0.05, 0) is 36.8 Å². The molecule has 2 aliphatic heterocycles. The van der Waals surface area contributed by atoms with Crippen LogP contribution in [0.1, 0.15) is 38.2 Å². The second kappa shape index (κ2) is 7.34. The van der Waals surface area contributed by atoms with Gasteiger partial charge in [0.25, 0.3) is 0 Å². The molecule has 130 valence electrons. The molecule has 5 heteroatoms. The van der Waals surface area contributed by atoms with Crippen molar-refractivity contribution in [1.29, 1.82) is 0 Å². The zero-order valence-corrected chi connectivity index (χ0v) is 14.4. The third-order valence-electron chi connectivity index (χ3n) is 5.31. The molecular formula is C19H27N3O2. The van der Waals surface area contributed by atoms with Crippen LogP contribution in [0.2, 0.25) is 0 Å². The summed E-state index contributed by atoms with van der Waals surface area (Å²) in [6.45, 7) is 3.97. The lowest BCUT2D eigenvalue weighted by Gasteiger charge is -2.38. The Morgan fingerprint density at radius 2 is 2.08 bits per heavy atom. The van der Waals surface area contributed by atoms with Crippen molar-refractivity contribution < 1.29 is 9.59 Å². The molecule has 0 bridgehead atoms. The molecule has 0 radical (unpaired) electrons. The number of nitrogens with two attached hydrogens (primary N) is 1. The first-order valence-electron chi connectivity index (χ1n) is 8.98. The van der Waals surface area contributed by atoms with E-state index in [1.165, 1.54) is 5.56 Å². The van der Waals surface area contributed by atoms with Gasteiger partial charge in [-0.3, -0.25) is 9.59 Å². The van der Waals surface area contributed by atoms with Crippen LogP contribution >= 0.6 is 0 Å². The molecule has 2 aliphatic rings. The summed E-state index contributed by atoms with van der Waals surface area (Å²) < 4.78 is 0. The molecule has 2 heterocycles. The minimum atomic E-state index is 0.115. The fourth-order valence-corrected chi connectivity index (χ4v) is 3.90. The molecule has 2 N–H and O–H groups in total. The van der Waals surface area contributed by atoms with E-state index in [-0.39, 0.29) is 17.9 Å². The quantitative estimate of drug-likeness (QED) is 0.918. The number of piperidine rings is 1. The maximum absolute atomic E-state index is 12.7. The molecule has 3 rings (SSSR count). The molecule has 0 saturated carbocycles. The van der Waals surface area contributed by atoms with Crippen LogP contribution in [-0.4, -0.2) is 42.4 Å². The largest absolute Gasteiger partial charge is 0.338 e. The van der Waals surface area contributed by atoms with Crippen molar-refractivity contribution in [3.8, 4) is 0 Å². The predicted octanol–water partition coefficient (Wildman–Crippen LogP) is 1.94. The molecule has 2 atom stereocenters. The first-order valence-corrected chi connectivity index (χ1v) is 8.98. The molecule has 5 nitrogen and oxygen atoms in total. The lowest BCUT2D eigenvalue weighted by atomic mass is 9.92. The summed E-state index contributed by atoms with van der Waals surface area (Å²) in [5.74, 6) is 0.857. The van der Waals surface area contributed by atoms with Crippen molar-refractivity contribution in [2.75, 3.05) is 24.5 Å². The summed E-state index contributed by atoms with van der Waals surface area (Å²) in [4.78, 5) is 28.7. The van der Waals surface area contributed by atoms with Gasteiger partial charge in [-0.2, -0.15) is 0 Å². The second-order valence-electron chi connectivity index (χ2n) is 7.03. The maximum atomic E-state index is 12.7. The van der Waals surface area contributed by atoms with Gasteiger partial charge in [0.1, 0.15) is 0 Å². The Morgan fingerprint density at radius 3 is 2.88 bits per heavy atom. The monoisotopic (exact) mass is 329 g/mol. The first-order chi connectivity index (χ1) is 11.6. The number of hydrogen-bond acceptors (Lipinski definition) is 3. The third kappa shape index (κ3) is 3.46. The molecule has 24 heavy (non-hydrogen) atoms. The molecule has 0 spiro atoms. The molecule has 0 aromatic heterocycles. The van der Waals surface area contributed by atoms with E-state index in [2.05, 4.69) is 13.0 Å². The lowest BCUT2D eigenvalue weighted by molar-refractivity contribution is -0.135. The van der Waals surface area contributed by atoms with Crippen molar-refractivity contribution in [3.63, 3.8) is 0 Å². The van der Waals surface area contributed by atoms with Gasteiger partial charge >= 0.3 is 0 Å². The average Bonchev–Trinajstić information content (AvgIpc) is 2.60. The van der Waals surface area contributed by atoms with E-state index >= 15 is 0 Å². The Kier molecular flexibility index (Phi) is 5.19. The van der Waals surface area contributed by atoms with Gasteiger partial charge in [-0.15, -0.1) is 0 Å². The highest BCUT2D eigenvalue weighted by Crippen LogP contribution is 2.28. The first kappa shape index (κ1) is 17.0. The van der Waals surface area contributed by atoms with Gasteiger partial charge in [0.2, 0.25) is 11.8 Å². The van der Waals surface area contributed by atoms with Gasteiger partial charge < -0.3 is 15.5 Å². The van der Waals surface area contributed by atoms with Gasteiger partial charge in [0.15, 0.2) is 0 Å². The highest BCUT2D eigenvalue weighted by molar-refractivity contribution is 5.97. The summed E-state index contributed by atoms with van der Waals surface area (Å²) in [5, 5.41) is 0. The number of para-hydroxylation sites is 1. The lowest BCUT2D eigenvalue weighted by Crippen LogP contribution is -2.50. The molecule has 2 unspecified atom stereocenters. The van der Waals surface area contributed by atoms with E-state index in [0.717, 1.165) is 31.5 Å². The molecule has 1 aromatic carbocycles. The normalized spacial score (nSPS) is 24.0. The van der Waals surface area contributed by atoms with E-state index in [1.807, 2.05) is 23.1 Å². The fourth-order valence-electron chi connectivity index (χ4n) is 3.90. The Labute approximate surface area is 143 Å². The SMILES string of the molecule is CC1CCN(C(=O)CCN2C(=O)CCc3ccccc32)C(CN)C1. The number of carbonyl (C=O) groups excluding carboxylic acids is 2. The van der Waals surface area contributed by atoms with Crippen molar-refractivity contribution in [2.24, 2.45) is 11.7 Å². The number of hydrogen-bond donors (Lipinski definition) is 1. The Morgan fingerprint density at radius 1 is 1.29 bits per heavy atom. The van der Waals surface area contributed by atoms with Crippen molar-refractivity contribution >= 4 is 17.5 Å². The molecule has 1 aromatic rings. The molecule has 2 amide bonds. The number of nitrogens with zero attached hydrogens (tertiary/aromatic N) is 2. The van der Waals surface area contributed by atoms with Gasteiger partial charge in [-0.25, -0.2) is 0 Å². The zero-order chi connectivity index (χ0) is 17.1. The molecule has 0 aliphatic carbocycles. The standard InChI is InChI=1S/C19H27N3O2/c1-14-8-10-21(16(12-14)13-20)19(24)9-11-22-17-5-3-2-4-15(17)6-7-18(22)23/h2-5,14,16H,6-13,20H2,1H3. The van der Waals surface area contributed by atoms with E-state index in [1.54, 1.807) is 4.90 Å². The highest BCUT2D eigenvalue weighted by Gasteiger charge is 2.30. The maximum Gasteiger partial charge on any atom is 0.227 e. The van der Waals surface area contributed by atoms with E-state index in [4.69, 9.17) is 5.73 Å². The molecular weight excluding hydrogens is 302 g/mol. The fraction of sp³-hybridized carbons (Fsp3) is 0.579. The predicted molar refractivity (Wildman–Crippen MR) is 94.7 cm³/mol. The number of likely N-dealkylation sites (tertiary alicyclic amines) is 1. The van der Waals surface area contributed by atoms with E-state index < -0.39 is 0 Å². The average molecular weight is 329 g/mol. The smallest absolute Gasteiger partial charge is 0.227 e. The van der Waals surface area contributed by atoms with Crippen molar-refractivity contribution in [2.45, 2.75) is 45.1 Å². The van der Waals surface area contributed by atoms with Gasteiger partial charge in [0.05, 0.1) is 0 Å². The van der Waals surface area contributed by atoms with Crippen LogP contribution in [0.5, 0.6) is 0 Å². The summed E-state index contributed by atoms with van der Waals surface area (Å²) in [5.41, 5.74) is 8.01. The number of benzene rings is 1. The number of carbonyl (C=O) groups is 2. The molecule has 1 saturated heterocycles. The molecule has 1 fully saturated rings. The van der Waals surface area contributed by atoms with Crippen LogP contribution in [0.3, 0.4) is 0 Å². The van der Waals surface area contributed by atoms with Crippen LogP contribution in [0, 0.1) is 5.92 Å². The number of rotatable bonds is 4. The number of fused-ring (bicyclic) bond motifs is 1. The number of amides is 2. The summed E-state index contributed by atoms with van der Waals surface area (Å²) in [6, 6.07) is 8.13. The summed E-state index contributed by atoms with van der Waals surface area (Å²) in [6.07, 6.45) is 3.70. The van der Waals surface area contributed by atoms with Crippen LogP contribution in [0.25, 0.3) is 0 Å². The minimum absolute atomic E-state index is 0.115. The van der Waals surface area contributed by atoms with Crippen molar-refractivity contribution in [3.05, 3.63) is 29.8 Å². The Bertz CT molecular complexity index is 616. The Balaban J connectivity index is 1.65. The topological polar surface area (TPSA) is 66.6 Å². The minimum Gasteiger partial charge on any atom is -0.338 e. The van der Waals surface area contributed by atoms with Crippen LogP contribution in [0.4, 0.5) is 5.69 Å². The summed E-state index contributed by atoms with van der Waals surface area (Å²) in [7, 11) is 0. The highest BCUT2D eigenvalue weighted by atomic mass is 16.2. The Hall–Kier alpha value is -1.88. The van der Waals surface area contributed by atoms with Crippen LogP contribution < -0.4 is 10.6 Å². The number of anilines is 1. The summed E-state index contributed by atoms with van der Waals surface area (Å²) >= 11 is 0. The van der Waals surface area contributed by atoms with Crippen LogP contribution in [-0.2, 0) is 16.0 Å². The second-order valence-corrected chi connectivity index (χ2v) is 7.03. The van der Waals surface area contributed by atoms with E-state index in [9.17, 15) is 9.59 Å². The zero-order valence-electron chi connectivity index (χ0n) is 14.4. The number of aryl methyl sites for hydroxylation is 1. The van der Waals surface area contributed by atoms with Crippen LogP contribution in [0.15, 0.2) is 24.3 Å². The third-order valence-corrected chi connectivity index (χ3v) is 5.31. The van der Waals surface area contributed by atoms with Gasteiger partial charge in [-0.1, -0.05) is 25.1 Å². The van der Waals surface area contributed by atoms with Gasteiger partial charge in [0, 0.05) is 44.2 Å². The van der Waals surface area contributed by atoms with Crippen molar-refractivity contribution in [1.82, 2.24) is 4.90 Å².